The van der Waals surface area contributed by atoms with Crippen molar-refractivity contribution in [1.82, 2.24) is 47.0 Å². The number of benzene rings is 1. The molecule has 454 valence electrons. The smallest absolute Gasteiger partial charge is 0.250 e. The third-order valence-electron chi connectivity index (χ3n) is 14.8. The minimum absolute atomic E-state index is 0.0212. The number of fused-ring (bicyclic) bond motifs is 2. The highest BCUT2D eigenvalue weighted by Crippen LogP contribution is 2.25. The molecule has 3 aliphatic heterocycles. The molecule has 4 aliphatic rings. The molecule has 9 amide bonds. The fourth-order valence-electron chi connectivity index (χ4n) is 10.1. The lowest BCUT2D eigenvalue weighted by Crippen LogP contribution is -2.65. The van der Waals surface area contributed by atoms with E-state index in [-0.39, 0.29) is 43.8 Å². The van der Waals surface area contributed by atoms with Gasteiger partial charge in [0.2, 0.25) is 47.3 Å². The van der Waals surface area contributed by atoms with Crippen LogP contribution in [0.3, 0.4) is 0 Å². The fourth-order valence-corrected chi connectivity index (χ4v) is 10.6. The lowest BCUT2D eigenvalue weighted by Gasteiger charge is -2.35. The summed E-state index contributed by atoms with van der Waals surface area (Å²) in [5, 5.41) is 85.1. The summed E-state index contributed by atoms with van der Waals surface area (Å²) in [5.74, 6) is -10.6. The highest BCUT2D eigenvalue weighted by molar-refractivity contribution is 7.98. The predicted molar refractivity (Wildman–Crippen MR) is 294 cm³/mol. The molecule has 82 heavy (non-hydrogen) atoms. The summed E-state index contributed by atoms with van der Waals surface area (Å²) in [6.45, 7) is 2.84. The molecule has 0 aromatic heterocycles. The molecule has 0 spiro atoms. The Hall–Kier alpha value is -6.40. The Bertz CT molecular complexity index is 2490. The molecule has 1 aromatic rings. The van der Waals surface area contributed by atoms with Gasteiger partial charge in [-0.1, -0.05) is 50.3 Å². The average Bonchev–Trinajstić information content (AvgIpc) is 4.02. The van der Waals surface area contributed by atoms with Crippen LogP contribution in [0.1, 0.15) is 84.1 Å². The van der Waals surface area contributed by atoms with Crippen LogP contribution in [-0.4, -0.2) is 228 Å². The highest BCUT2D eigenvalue weighted by Gasteiger charge is 2.48. The number of ketones is 2. The molecule has 3 heterocycles. The molecule has 0 saturated carbocycles. The third-order valence-corrected chi connectivity index (χ3v) is 15.4. The van der Waals surface area contributed by atoms with Crippen LogP contribution < -0.4 is 43.0 Å². The topological polar surface area (TPSA) is 426 Å². The summed E-state index contributed by atoms with van der Waals surface area (Å²) in [4.78, 5) is 153. The van der Waals surface area contributed by atoms with Crippen molar-refractivity contribution >= 4 is 76.5 Å². The van der Waals surface area contributed by atoms with Gasteiger partial charge in [-0.05, 0) is 68.6 Å². The van der Waals surface area contributed by atoms with Gasteiger partial charge in [0.1, 0.15) is 42.4 Å². The van der Waals surface area contributed by atoms with E-state index in [1.54, 1.807) is 30.3 Å². The quantitative estimate of drug-likeness (QED) is 0.0542. The largest absolute Gasteiger partial charge is 0.391 e. The van der Waals surface area contributed by atoms with Crippen molar-refractivity contribution < 1.29 is 83.4 Å². The molecule has 3 fully saturated rings. The van der Waals surface area contributed by atoms with Gasteiger partial charge in [-0.3, -0.25) is 52.7 Å². The summed E-state index contributed by atoms with van der Waals surface area (Å²) in [6.07, 6.45) is -8.27. The monoisotopic (exact) mass is 1170 g/mol. The van der Waals surface area contributed by atoms with Gasteiger partial charge in [0.25, 0.3) is 5.91 Å². The Balaban J connectivity index is 1.49. The number of nitrogens with zero attached hydrogens (tertiary/aromatic N) is 2. The zero-order valence-electron chi connectivity index (χ0n) is 46.4. The van der Waals surface area contributed by atoms with Gasteiger partial charge in [-0.15, -0.1) is 0 Å². The number of rotatable bonds is 20. The fraction of sp³-hybridized carbons (Fsp3) is 0.648. The molecule has 1 aliphatic carbocycles. The highest BCUT2D eigenvalue weighted by atomic mass is 32.2. The van der Waals surface area contributed by atoms with Crippen LogP contribution in [0.25, 0.3) is 0 Å². The van der Waals surface area contributed by atoms with Crippen molar-refractivity contribution in [2.45, 2.75) is 170 Å². The number of hydrogen-bond acceptors (Lipinski definition) is 19. The number of β-amino-alcohol motifs (C(OH)–C–C–N with tert-alkyl or cyclic N) is 1. The second-order valence-corrected chi connectivity index (χ2v) is 22.7. The molecule has 15 N–H and O–H groups in total. The zero-order valence-corrected chi connectivity index (χ0v) is 47.3. The van der Waals surface area contributed by atoms with Crippen LogP contribution in [0.4, 0.5) is 0 Å². The normalized spacial score (nSPS) is 27.0. The molecule has 5 rings (SSSR count). The predicted octanol–water partition coefficient (Wildman–Crippen LogP) is -5.31. The van der Waals surface area contributed by atoms with Crippen molar-refractivity contribution in [1.29, 1.82) is 0 Å². The second-order valence-electron chi connectivity index (χ2n) is 21.7. The third kappa shape index (κ3) is 18.6. The number of Topliss-reactive ketones (excluding diaryl/α,β-unsaturated/α-hetero) is 1. The summed E-state index contributed by atoms with van der Waals surface area (Å²) in [7, 11) is 0. The second kappa shape index (κ2) is 31.3. The Labute approximate surface area is 479 Å². The molecule has 0 radical (unpaired) electrons. The van der Waals surface area contributed by atoms with Crippen molar-refractivity contribution in [3.63, 3.8) is 0 Å². The minimum atomic E-state index is -2.29. The summed E-state index contributed by atoms with van der Waals surface area (Å²) < 4.78 is 0. The van der Waals surface area contributed by atoms with Crippen molar-refractivity contribution in [3.8, 4) is 0 Å². The Kier molecular flexibility index (Phi) is 25.4. The minimum Gasteiger partial charge on any atom is -0.391 e. The van der Waals surface area contributed by atoms with E-state index in [0.29, 0.717) is 17.7 Å². The van der Waals surface area contributed by atoms with Crippen molar-refractivity contribution in [3.05, 3.63) is 48.0 Å². The number of amides is 9. The van der Waals surface area contributed by atoms with Crippen LogP contribution in [-0.2, 0) is 59.2 Å². The molecule has 27 nitrogen and oxygen atoms in total. The van der Waals surface area contributed by atoms with Crippen LogP contribution in [0, 0.1) is 11.8 Å². The van der Waals surface area contributed by atoms with Gasteiger partial charge in [0.05, 0.1) is 36.6 Å². The van der Waals surface area contributed by atoms with Gasteiger partial charge >= 0.3 is 0 Å². The van der Waals surface area contributed by atoms with E-state index < -0.39 is 202 Å². The van der Waals surface area contributed by atoms with Crippen molar-refractivity contribution in [2.75, 3.05) is 38.2 Å². The average molecular weight is 1170 g/mol. The molecule has 0 bridgehead atoms. The van der Waals surface area contributed by atoms with Crippen molar-refractivity contribution in [2.24, 2.45) is 17.6 Å². The zero-order chi connectivity index (χ0) is 60.5. The van der Waals surface area contributed by atoms with Gasteiger partial charge in [0, 0.05) is 64.2 Å². The number of nitrogens with two attached hydrogens (primary N) is 1. The van der Waals surface area contributed by atoms with E-state index in [1.165, 1.54) is 17.8 Å². The SMILES string of the molecule is CSCCC(N)C(=O)NC(CC(C)C)C(=O)NC(Cc1ccccc1)C(=O)NCCC(O)C1NC(=O)C(C(O)C(O)C2C=CC(=O)CC2)NC(=O)C2CC(O)CN2C(=O)C(C(C)O)NC(=O)CCC(O)CNC(=O)C2C(=O)CCN2C1=O. The Morgan fingerprint density at radius 1 is 0.744 bits per heavy atom. The van der Waals surface area contributed by atoms with Gasteiger partial charge in [-0.25, -0.2) is 0 Å². The van der Waals surface area contributed by atoms with E-state index >= 15 is 0 Å². The number of nitrogens with one attached hydrogen (secondary N) is 7. The number of allylic oxidation sites excluding steroid dienone is 1. The molecule has 15 atom stereocenters. The van der Waals surface area contributed by atoms with Crippen LogP contribution in [0.5, 0.6) is 0 Å². The molecule has 3 saturated heterocycles. The maximum absolute atomic E-state index is 14.8. The first kappa shape index (κ1) is 66.4. The Morgan fingerprint density at radius 2 is 1.41 bits per heavy atom. The summed E-state index contributed by atoms with van der Waals surface area (Å²) >= 11 is 1.49. The lowest BCUT2D eigenvalue weighted by atomic mass is 9.85. The first-order valence-electron chi connectivity index (χ1n) is 27.6. The first-order valence-corrected chi connectivity index (χ1v) is 29.0. The number of carbonyl (C=O) groups excluding carboxylic acids is 11. The summed E-state index contributed by atoms with van der Waals surface area (Å²) in [6, 6.07) is -4.47. The van der Waals surface area contributed by atoms with E-state index in [4.69, 9.17) is 5.73 Å². The number of hydrogen-bond donors (Lipinski definition) is 14. The first-order chi connectivity index (χ1) is 38.8. The van der Waals surface area contributed by atoms with Crippen LogP contribution in [0.15, 0.2) is 42.5 Å². The maximum Gasteiger partial charge on any atom is 0.250 e. The molecular weight excluding hydrogens is 1090 g/mol. The van der Waals surface area contributed by atoms with E-state index in [1.807, 2.05) is 20.1 Å². The lowest BCUT2D eigenvalue weighted by molar-refractivity contribution is -0.148. The van der Waals surface area contributed by atoms with Gasteiger partial charge < -0.3 is 83.4 Å². The van der Waals surface area contributed by atoms with Crippen LogP contribution >= 0.6 is 11.8 Å². The molecular formula is C54H80N10O17S. The number of thioether (sulfide) groups is 1. The standard InChI is InChI=1S/C54H80N10O17S/c1-27(2)22-35(58-47(74)34(55)18-21-82-4)49(76)59-36(23-29-8-6-5-7-9-29)48(75)56-19-16-38(69)42-54(81)63-20-17-39(70)44(63)52(79)57-25-32(67)14-15-40(71)60-41(28(3)65)53(80)64-26-33(68)24-37(64)50(77)62-43(51(78)61-42)46(73)45(72)30-10-12-31(66)13-11-30/h5-10,12,27-28,30,32-38,41-46,65,67-69,72-73H,11,13-26,55H2,1-4H3,(H,56,75)(H,57,79)(H,58,74)(H,59,76)(H,60,71)(H,61,78)(H,62,77). The Morgan fingerprint density at radius 3 is 2.06 bits per heavy atom. The number of aliphatic hydroxyl groups is 6. The molecule has 15 unspecified atom stereocenters. The maximum atomic E-state index is 14.8. The van der Waals surface area contributed by atoms with E-state index in [0.717, 1.165) is 22.8 Å². The number of aliphatic hydroxyl groups excluding tert-OH is 6. The van der Waals surface area contributed by atoms with E-state index in [9.17, 15) is 83.4 Å². The number of carbonyl (C=O) groups is 11. The molecule has 28 heteroatoms. The molecule has 1 aromatic carbocycles. The van der Waals surface area contributed by atoms with Crippen LogP contribution in [0.2, 0.25) is 0 Å². The van der Waals surface area contributed by atoms with Gasteiger partial charge in [-0.2, -0.15) is 11.8 Å². The van der Waals surface area contributed by atoms with Gasteiger partial charge in [0.15, 0.2) is 17.6 Å². The summed E-state index contributed by atoms with van der Waals surface area (Å²) in [5.41, 5.74) is 6.73. The van der Waals surface area contributed by atoms with E-state index in [2.05, 4.69) is 37.2 Å².